The number of halogens is 1. The van der Waals surface area contributed by atoms with Crippen LogP contribution in [0.4, 0.5) is 4.39 Å². The molecule has 0 unspecified atom stereocenters. The Balaban J connectivity index is 2.71. The average molecular weight is 278 g/mol. The number of benzene rings is 1. The molecule has 2 rings (SSSR count). The van der Waals surface area contributed by atoms with Crippen molar-refractivity contribution < 1.29 is 19.0 Å². The number of carboxylic acid groups (broad SMARTS) is 1. The van der Waals surface area contributed by atoms with Crippen molar-refractivity contribution in [2.45, 2.75) is 19.8 Å². The van der Waals surface area contributed by atoms with Crippen LogP contribution in [0, 0.1) is 5.82 Å². The van der Waals surface area contributed by atoms with Gasteiger partial charge in [-0.05, 0) is 24.1 Å². The summed E-state index contributed by atoms with van der Waals surface area (Å²) in [5, 5.41) is 13.6. The lowest BCUT2D eigenvalue weighted by Crippen LogP contribution is -2.04. The summed E-state index contributed by atoms with van der Waals surface area (Å²) in [6.45, 7) is 3.67. The monoisotopic (exact) mass is 278 g/mol. The molecule has 20 heavy (non-hydrogen) atoms. The van der Waals surface area contributed by atoms with E-state index in [9.17, 15) is 14.3 Å². The van der Waals surface area contributed by atoms with Crippen LogP contribution in [0.1, 0.15) is 35.8 Å². The number of aromatic carboxylic acids is 1. The van der Waals surface area contributed by atoms with Gasteiger partial charge in [-0.3, -0.25) is 0 Å². The Hall–Kier alpha value is -2.37. The standard InChI is InChI=1S/C14H15FN2O3/c1-8(2)12-11(14(18)19)13(20-3)17(16-12)10-6-4-5-9(15)7-10/h4-8H,1-3H3,(H,18,19). The summed E-state index contributed by atoms with van der Waals surface area (Å²) in [6.07, 6.45) is 0. The van der Waals surface area contributed by atoms with Gasteiger partial charge in [-0.2, -0.15) is 9.78 Å². The molecule has 1 aromatic carbocycles. The van der Waals surface area contributed by atoms with Crippen molar-refractivity contribution in [3.63, 3.8) is 0 Å². The van der Waals surface area contributed by atoms with E-state index in [1.807, 2.05) is 13.8 Å². The lowest BCUT2D eigenvalue weighted by Gasteiger charge is -2.06. The Morgan fingerprint density at radius 1 is 1.45 bits per heavy atom. The van der Waals surface area contributed by atoms with Crippen LogP contribution in [0.25, 0.3) is 5.69 Å². The van der Waals surface area contributed by atoms with Gasteiger partial charge in [0, 0.05) is 0 Å². The van der Waals surface area contributed by atoms with Crippen molar-refractivity contribution in [3.05, 3.63) is 41.3 Å². The van der Waals surface area contributed by atoms with Crippen LogP contribution >= 0.6 is 0 Å². The van der Waals surface area contributed by atoms with Crippen molar-refractivity contribution in [2.24, 2.45) is 0 Å². The van der Waals surface area contributed by atoms with Gasteiger partial charge in [-0.1, -0.05) is 19.9 Å². The molecule has 6 heteroatoms. The van der Waals surface area contributed by atoms with Gasteiger partial charge in [0.1, 0.15) is 11.4 Å². The lowest BCUT2D eigenvalue weighted by atomic mass is 10.1. The van der Waals surface area contributed by atoms with Crippen molar-refractivity contribution >= 4 is 5.97 Å². The first-order valence-electron chi connectivity index (χ1n) is 6.11. The van der Waals surface area contributed by atoms with Gasteiger partial charge in [0.15, 0.2) is 0 Å². The highest BCUT2D eigenvalue weighted by molar-refractivity contribution is 5.92. The number of carboxylic acids is 1. The Morgan fingerprint density at radius 2 is 2.15 bits per heavy atom. The van der Waals surface area contributed by atoms with E-state index in [0.717, 1.165) is 0 Å². The molecule has 0 fully saturated rings. The Morgan fingerprint density at radius 3 is 2.65 bits per heavy atom. The van der Waals surface area contributed by atoms with Gasteiger partial charge in [0.05, 0.1) is 18.5 Å². The topological polar surface area (TPSA) is 64.3 Å². The number of carbonyl (C=O) groups is 1. The van der Waals surface area contributed by atoms with Gasteiger partial charge in [0.25, 0.3) is 0 Å². The van der Waals surface area contributed by atoms with E-state index in [0.29, 0.717) is 11.4 Å². The predicted octanol–water partition coefficient (Wildman–Crippen LogP) is 2.84. The Bertz CT molecular complexity index is 650. The van der Waals surface area contributed by atoms with Gasteiger partial charge in [0.2, 0.25) is 5.88 Å². The molecule has 1 N–H and O–H groups in total. The van der Waals surface area contributed by atoms with Crippen LogP contribution in [0.2, 0.25) is 0 Å². The molecular weight excluding hydrogens is 263 g/mol. The summed E-state index contributed by atoms with van der Waals surface area (Å²) in [5.41, 5.74) is 0.821. The van der Waals surface area contributed by atoms with Crippen molar-refractivity contribution in [1.82, 2.24) is 9.78 Å². The number of hydrogen-bond acceptors (Lipinski definition) is 3. The number of aromatic nitrogens is 2. The van der Waals surface area contributed by atoms with E-state index in [1.54, 1.807) is 6.07 Å². The molecule has 0 radical (unpaired) electrons. The van der Waals surface area contributed by atoms with E-state index >= 15 is 0 Å². The summed E-state index contributed by atoms with van der Waals surface area (Å²) in [5.74, 6) is -1.55. The van der Waals surface area contributed by atoms with Gasteiger partial charge in [-0.25, -0.2) is 9.18 Å². The molecule has 0 aliphatic carbocycles. The van der Waals surface area contributed by atoms with E-state index in [1.165, 1.54) is 30.0 Å². The third-order valence-electron chi connectivity index (χ3n) is 2.88. The number of hydrogen-bond donors (Lipinski definition) is 1. The van der Waals surface area contributed by atoms with Crippen molar-refractivity contribution in [1.29, 1.82) is 0 Å². The molecule has 0 aliphatic rings. The molecule has 106 valence electrons. The fraction of sp³-hybridized carbons (Fsp3) is 0.286. The summed E-state index contributed by atoms with van der Waals surface area (Å²) in [6, 6.07) is 5.74. The van der Waals surface area contributed by atoms with Gasteiger partial charge in [-0.15, -0.1) is 0 Å². The molecule has 0 saturated carbocycles. The van der Waals surface area contributed by atoms with Crippen LogP contribution in [0.3, 0.4) is 0 Å². The minimum absolute atomic E-state index is 0.00626. The summed E-state index contributed by atoms with van der Waals surface area (Å²) < 4.78 is 19.8. The van der Waals surface area contributed by atoms with Crippen molar-refractivity contribution in [2.75, 3.05) is 7.11 Å². The molecule has 0 aliphatic heterocycles. The van der Waals surface area contributed by atoms with Crippen LogP contribution < -0.4 is 4.74 Å². The van der Waals surface area contributed by atoms with E-state index in [4.69, 9.17) is 4.74 Å². The summed E-state index contributed by atoms with van der Waals surface area (Å²) in [7, 11) is 1.36. The zero-order valence-corrected chi connectivity index (χ0v) is 11.4. The maximum Gasteiger partial charge on any atom is 0.343 e. The zero-order valence-electron chi connectivity index (χ0n) is 11.4. The van der Waals surface area contributed by atoms with E-state index in [-0.39, 0.29) is 17.4 Å². The average Bonchev–Trinajstić information content (AvgIpc) is 2.78. The molecule has 2 aromatic rings. The Labute approximate surface area is 115 Å². The second-order valence-corrected chi connectivity index (χ2v) is 4.62. The first kappa shape index (κ1) is 14.0. The number of nitrogens with zero attached hydrogens (tertiary/aromatic N) is 2. The van der Waals surface area contributed by atoms with E-state index in [2.05, 4.69) is 5.10 Å². The highest BCUT2D eigenvalue weighted by Crippen LogP contribution is 2.30. The number of methoxy groups -OCH3 is 1. The summed E-state index contributed by atoms with van der Waals surface area (Å²) in [4.78, 5) is 11.4. The van der Waals surface area contributed by atoms with Gasteiger partial charge < -0.3 is 9.84 Å². The second-order valence-electron chi connectivity index (χ2n) is 4.62. The smallest absolute Gasteiger partial charge is 0.343 e. The number of ether oxygens (including phenoxy) is 1. The lowest BCUT2D eigenvalue weighted by molar-refractivity contribution is 0.0691. The first-order valence-corrected chi connectivity index (χ1v) is 6.11. The fourth-order valence-electron chi connectivity index (χ4n) is 2.00. The quantitative estimate of drug-likeness (QED) is 0.934. The molecule has 5 nitrogen and oxygen atoms in total. The SMILES string of the molecule is COc1c(C(=O)O)c(C(C)C)nn1-c1cccc(F)c1. The maximum atomic E-state index is 13.3. The van der Waals surface area contributed by atoms with Crippen LogP contribution in [-0.4, -0.2) is 28.0 Å². The Kier molecular flexibility index (Phi) is 3.74. The molecule has 0 amide bonds. The minimum atomic E-state index is -1.12. The highest BCUT2D eigenvalue weighted by Gasteiger charge is 2.26. The fourth-order valence-corrected chi connectivity index (χ4v) is 2.00. The molecule has 1 heterocycles. The molecule has 1 aromatic heterocycles. The normalized spacial score (nSPS) is 10.8. The van der Waals surface area contributed by atoms with Crippen LogP contribution in [-0.2, 0) is 0 Å². The van der Waals surface area contributed by atoms with Crippen LogP contribution in [0.15, 0.2) is 24.3 Å². The predicted molar refractivity (Wildman–Crippen MR) is 71.1 cm³/mol. The van der Waals surface area contributed by atoms with Crippen LogP contribution in [0.5, 0.6) is 5.88 Å². The van der Waals surface area contributed by atoms with Crippen molar-refractivity contribution in [3.8, 4) is 11.6 Å². The largest absolute Gasteiger partial charge is 0.480 e. The molecule has 0 atom stereocenters. The third-order valence-corrected chi connectivity index (χ3v) is 2.88. The molecule has 0 saturated heterocycles. The second kappa shape index (κ2) is 5.32. The molecule has 0 spiro atoms. The molecule has 0 bridgehead atoms. The molecular formula is C14H15FN2O3. The van der Waals surface area contributed by atoms with Gasteiger partial charge >= 0.3 is 5.97 Å². The number of rotatable bonds is 4. The highest BCUT2D eigenvalue weighted by atomic mass is 19.1. The minimum Gasteiger partial charge on any atom is -0.480 e. The van der Waals surface area contributed by atoms with E-state index < -0.39 is 11.8 Å². The first-order chi connectivity index (χ1) is 9.45. The maximum absolute atomic E-state index is 13.3. The third kappa shape index (κ3) is 2.36. The summed E-state index contributed by atoms with van der Waals surface area (Å²) >= 11 is 0. The zero-order chi connectivity index (χ0) is 14.9.